The summed E-state index contributed by atoms with van der Waals surface area (Å²) in [5, 5.41) is 3.10. The molecule has 3 aromatic rings. The van der Waals surface area contributed by atoms with Gasteiger partial charge >= 0.3 is 6.03 Å². The molecule has 0 atom stereocenters. The summed E-state index contributed by atoms with van der Waals surface area (Å²) in [6.07, 6.45) is 2.70. The van der Waals surface area contributed by atoms with Crippen molar-refractivity contribution < 1.29 is 18.0 Å². The van der Waals surface area contributed by atoms with Crippen molar-refractivity contribution in [1.29, 1.82) is 0 Å². The zero-order chi connectivity index (χ0) is 23.4. The van der Waals surface area contributed by atoms with E-state index >= 15 is 0 Å². The molecule has 33 heavy (non-hydrogen) atoms. The maximum absolute atomic E-state index is 13.7. The molecule has 0 spiro atoms. The summed E-state index contributed by atoms with van der Waals surface area (Å²) in [6.45, 7) is 1.03. The van der Waals surface area contributed by atoms with Crippen LogP contribution in [-0.2, 0) is 10.0 Å². The van der Waals surface area contributed by atoms with Crippen LogP contribution in [0.15, 0.2) is 75.4 Å². The molecular weight excluding hydrogens is 526 g/mol. The van der Waals surface area contributed by atoms with Gasteiger partial charge in [-0.3, -0.25) is 4.79 Å². The van der Waals surface area contributed by atoms with E-state index in [0.29, 0.717) is 28.1 Å². The highest BCUT2D eigenvalue weighted by Crippen LogP contribution is 2.33. The summed E-state index contributed by atoms with van der Waals surface area (Å²) in [5.41, 5.74) is 0.717. The second-order valence-corrected chi connectivity index (χ2v) is 11.5. The molecule has 2 aromatic carbocycles. The number of anilines is 2. The normalized spacial score (nSPS) is 14.0. The molecule has 1 saturated heterocycles. The summed E-state index contributed by atoms with van der Waals surface area (Å²) in [5.74, 6) is -0.338. The second-order valence-electron chi connectivity index (χ2n) is 7.52. The number of thiophene rings is 1. The van der Waals surface area contributed by atoms with Crippen molar-refractivity contribution in [2.24, 2.45) is 0 Å². The van der Waals surface area contributed by atoms with Crippen LogP contribution in [0, 0.1) is 0 Å². The number of carbonyl (C=O) groups is 2. The van der Waals surface area contributed by atoms with E-state index in [-0.39, 0.29) is 15.8 Å². The van der Waals surface area contributed by atoms with Gasteiger partial charge in [0.15, 0.2) is 0 Å². The number of piperidine rings is 1. The van der Waals surface area contributed by atoms with Crippen LogP contribution in [0.3, 0.4) is 0 Å². The van der Waals surface area contributed by atoms with Gasteiger partial charge in [0.25, 0.3) is 15.9 Å². The number of hydrogen-bond acceptors (Lipinski definition) is 5. The van der Waals surface area contributed by atoms with Crippen molar-refractivity contribution in [1.82, 2.24) is 4.90 Å². The van der Waals surface area contributed by atoms with Crippen LogP contribution < -0.4 is 9.62 Å². The smallest absolute Gasteiger partial charge is 0.323 e. The van der Waals surface area contributed by atoms with Crippen molar-refractivity contribution >= 4 is 59.9 Å². The van der Waals surface area contributed by atoms with Crippen molar-refractivity contribution in [3.63, 3.8) is 0 Å². The van der Waals surface area contributed by atoms with Crippen molar-refractivity contribution in [2.45, 2.75) is 23.5 Å². The Kier molecular flexibility index (Phi) is 7.16. The van der Waals surface area contributed by atoms with Gasteiger partial charge in [0.2, 0.25) is 0 Å². The van der Waals surface area contributed by atoms with Gasteiger partial charge in [0, 0.05) is 23.1 Å². The highest BCUT2D eigenvalue weighted by Gasteiger charge is 2.36. The second kappa shape index (κ2) is 10.1. The molecule has 3 amide bonds. The van der Waals surface area contributed by atoms with Crippen molar-refractivity contribution in [3.05, 3.63) is 76.8 Å². The first-order chi connectivity index (χ1) is 15.9. The van der Waals surface area contributed by atoms with Crippen LogP contribution in [0.2, 0.25) is 0 Å². The largest absolute Gasteiger partial charge is 0.338 e. The van der Waals surface area contributed by atoms with Crippen molar-refractivity contribution in [3.8, 4) is 0 Å². The lowest BCUT2D eigenvalue weighted by atomic mass is 10.1. The molecule has 0 saturated carbocycles. The van der Waals surface area contributed by atoms with Crippen molar-refractivity contribution in [2.75, 3.05) is 22.7 Å². The van der Waals surface area contributed by atoms with Gasteiger partial charge in [-0.25, -0.2) is 4.79 Å². The third-order valence-corrected chi connectivity index (χ3v) is 8.85. The lowest BCUT2D eigenvalue weighted by molar-refractivity contribution is 0.102. The molecular formula is C23H22BrN3O4S2. The number of benzene rings is 2. The summed E-state index contributed by atoms with van der Waals surface area (Å²) < 4.78 is 28.8. The minimum absolute atomic E-state index is 0.0313. The monoisotopic (exact) mass is 547 g/mol. The number of nitrogens with zero attached hydrogens (tertiary/aromatic N) is 2. The third-order valence-electron chi connectivity index (χ3n) is 5.19. The number of rotatable bonds is 5. The number of nitrogens with one attached hydrogen (secondary N) is 1. The van der Waals surface area contributed by atoms with E-state index in [0.717, 1.165) is 34.9 Å². The summed E-state index contributed by atoms with van der Waals surface area (Å²) in [6, 6.07) is 17.7. The lowest BCUT2D eigenvalue weighted by Crippen LogP contribution is -2.48. The van der Waals surface area contributed by atoms with Gasteiger partial charge in [-0.05, 0) is 61.7 Å². The Labute approximate surface area is 205 Å². The van der Waals surface area contributed by atoms with Crippen LogP contribution in [0.25, 0.3) is 0 Å². The summed E-state index contributed by atoms with van der Waals surface area (Å²) in [4.78, 5) is 27.4. The number of hydrogen-bond donors (Lipinski definition) is 1. The number of amides is 3. The highest BCUT2D eigenvalue weighted by atomic mass is 79.9. The molecule has 0 radical (unpaired) electrons. The molecule has 1 aliphatic heterocycles. The fourth-order valence-corrected chi connectivity index (χ4v) is 6.62. The number of likely N-dealkylation sites (tertiary alicyclic amines) is 1. The predicted molar refractivity (Wildman–Crippen MR) is 133 cm³/mol. The molecule has 1 aromatic heterocycles. The molecule has 0 unspecified atom stereocenters. The topological polar surface area (TPSA) is 86.8 Å². The Bertz CT molecular complexity index is 1260. The Morgan fingerprint density at radius 3 is 2.36 bits per heavy atom. The van der Waals surface area contributed by atoms with Gasteiger partial charge < -0.3 is 10.2 Å². The quantitative estimate of drug-likeness (QED) is 0.452. The predicted octanol–water partition coefficient (Wildman–Crippen LogP) is 5.56. The SMILES string of the molecule is O=C(Nc1ccc(S(=O)(=O)N(C(=O)N2CCCCC2)c2cccc(Br)c2)s1)c1ccccc1. The Balaban J connectivity index is 1.65. The molecule has 0 bridgehead atoms. The first-order valence-corrected chi connectivity index (χ1v) is 13.5. The van der Waals surface area contributed by atoms with Gasteiger partial charge in [-0.15, -0.1) is 11.3 Å². The van der Waals surface area contributed by atoms with E-state index in [4.69, 9.17) is 0 Å². The molecule has 4 rings (SSSR count). The molecule has 1 aliphatic rings. The molecule has 1 N–H and O–H groups in total. The zero-order valence-electron chi connectivity index (χ0n) is 17.6. The van der Waals surface area contributed by atoms with Crippen LogP contribution in [-0.4, -0.2) is 38.3 Å². The van der Waals surface area contributed by atoms with E-state index in [1.54, 1.807) is 53.4 Å². The van der Waals surface area contributed by atoms with Gasteiger partial charge in [-0.1, -0.05) is 40.2 Å². The van der Waals surface area contributed by atoms with Crippen LogP contribution in [0.1, 0.15) is 29.6 Å². The average Bonchev–Trinajstić information content (AvgIpc) is 3.30. The van der Waals surface area contributed by atoms with Crippen LogP contribution >= 0.6 is 27.3 Å². The fraction of sp³-hybridized carbons (Fsp3) is 0.217. The van der Waals surface area contributed by atoms with E-state index < -0.39 is 16.1 Å². The average molecular weight is 548 g/mol. The van der Waals surface area contributed by atoms with E-state index in [1.807, 2.05) is 6.07 Å². The maximum atomic E-state index is 13.7. The number of halogens is 1. The molecule has 2 heterocycles. The minimum Gasteiger partial charge on any atom is -0.323 e. The summed E-state index contributed by atoms with van der Waals surface area (Å²) >= 11 is 4.27. The van der Waals surface area contributed by atoms with Crippen LogP contribution in [0.4, 0.5) is 15.5 Å². The Hall–Kier alpha value is -2.69. The number of sulfonamides is 1. The summed E-state index contributed by atoms with van der Waals surface area (Å²) in [7, 11) is -4.21. The van der Waals surface area contributed by atoms with Gasteiger partial charge in [-0.2, -0.15) is 12.7 Å². The third kappa shape index (κ3) is 5.29. The zero-order valence-corrected chi connectivity index (χ0v) is 20.8. The maximum Gasteiger partial charge on any atom is 0.338 e. The molecule has 1 fully saturated rings. The number of urea groups is 1. The standard InChI is InChI=1S/C23H22BrN3O4S2/c24-18-10-7-11-19(16-18)27(23(29)26-14-5-2-6-15-26)33(30,31)21-13-12-20(32-21)25-22(28)17-8-3-1-4-9-17/h1,3-4,7-13,16H,2,5-6,14-15H2,(H,25,28). The first kappa shape index (κ1) is 23.5. The first-order valence-electron chi connectivity index (χ1n) is 10.4. The van der Waals surface area contributed by atoms with Crippen LogP contribution in [0.5, 0.6) is 0 Å². The molecule has 7 nitrogen and oxygen atoms in total. The minimum atomic E-state index is -4.21. The molecule has 0 aliphatic carbocycles. The number of carbonyl (C=O) groups excluding carboxylic acids is 2. The van der Waals surface area contributed by atoms with E-state index in [2.05, 4.69) is 21.2 Å². The van der Waals surface area contributed by atoms with Gasteiger partial charge in [0.05, 0.1) is 10.7 Å². The van der Waals surface area contributed by atoms with E-state index in [9.17, 15) is 18.0 Å². The Morgan fingerprint density at radius 1 is 0.939 bits per heavy atom. The fourth-order valence-electron chi connectivity index (χ4n) is 3.56. The van der Waals surface area contributed by atoms with E-state index in [1.165, 1.54) is 12.1 Å². The highest BCUT2D eigenvalue weighted by molar-refractivity contribution is 9.10. The molecule has 172 valence electrons. The Morgan fingerprint density at radius 2 is 1.67 bits per heavy atom. The van der Waals surface area contributed by atoms with Gasteiger partial charge in [0.1, 0.15) is 4.21 Å². The lowest BCUT2D eigenvalue weighted by Gasteiger charge is -2.32. The molecule has 10 heteroatoms.